The summed E-state index contributed by atoms with van der Waals surface area (Å²) in [5.74, 6) is 6.59. The number of benzene rings is 1. The number of hydrogen-bond acceptors (Lipinski definition) is 3. The van der Waals surface area contributed by atoms with Crippen LogP contribution in [-0.2, 0) is 11.2 Å². The first-order valence-corrected chi connectivity index (χ1v) is 7.37. The number of carbonyl (C=O) groups excluding carboxylic acids is 1. The molecule has 0 bridgehead atoms. The Morgan fingerprint density at radius 1 is 1.41 bits per heavy atom. The summed E-state index contributed by atoms with van der Waals surface area (Å²) < 4.78 is 5.07. The normalized spacial score (nSPS) is 9.95. The molecule has 0 radical (unpaired) electrons. The lowest BCUT2D eigenvalue weighted by Gasteiger charge is -2.01. The molecule has 1 N–H and O–H groups in total. The van der Waals surface area contributed by atoms with Crippen LogP contribution in [0.1, 0.15) is 29.0 Å². The van der Waals surface area contributed by atoms with Gasteiger partial charge >= 0.3 is 0 Å². The number of nitrogens with one attached hydrogen (secondary N) is 1. The van der Waals surface area contributed by atoms with E-state index < -0.39 is 0 Å². The summed E-state index contributed by atoms with van der Waals surface area (Å²) >= 11 is 5.87. The number of hydrogen-bond donors (Lipinski definition) is 1. The molecule has 22 heavy (non-hydrogen) atoms. The molecule has 2 aromatic rings. The third-order valence-corrected chi connectivity index (χ3v) is 3.45. The number of halogens is 1. The summed E-state index contributed by atoms with van der Waals surface area (Å²) in [6, 6.07) is 7.30. The number of aromatic nitrogens is 1. The molecule has 0 aliphatic heterocycles. The zero-order valence-electron chi connectivity index (χ0n) is 12.6. The molecule has 5 heteroatoms. The third kappa shape index (κ3) is 4.64. The van der Waals surface area contributed by atoms with Gasteiger partial charge in [-0.2, -0.15) is 0 Å². The number of nitrogens with zero attached hydrogens (tertiary/aromatic N) is 1. The molecule has 0 saturated heterocycles. The van der Waals surface area contributed by atoms with Crippen LogP contribution in [0.2, 0.25) is 5.02 Å². The molecule has 1 aromatic heterocycles. The summed E-state index contributed by atoms with van der Waals surface area (Å²) in [7, 11) is 0. The Morgan fingerprint density at radius 3 is 2.91 bits per heavy atom. The molecule has 0 saturated carbocycles. The van der Waals surface area contributed by atoms with Gasteiger partial charge in [-0.05, 0) is 38.5 Å². The molecule has 1 amide bonds. The van der Waals surface area contributed by atoms with Gasteiger partial charge in [-0.3, -0.25) is 4.79 Å². The highest BCUT2D eigenvalue weighted by molar-refractivity contribution is 6.30. The predicted molar refractivity (Wildman–Crippen MR) is 85.6 cm³/mol. The van der Waals surface area contributed by atoms with Crippen LogP contribution in [0.15, 0.2) is 28.8 Å². The van der Waals surface area contributed by atoms with Gasteiger partial charge < -0.3 is 9.84 Å². The molecule has 0 fully saturated rings. The Kier molecular flexibility index (Phi) is 5.62. The van der Waals surface area contributed by atoms with Crippen molar-refractivity contribution < 1.29 is 9.32 Å². The van der Waals surface area contributed by atoms with Crippen LogP contribution in [0.5, 0.6) is 0 Å². The second kappa shape index (κ2) is 7.67. The Bertz CT molecular complexity index is 706. The largest absolute Gasteiger partial charge is 0.361 e. The van der Waals surface area contributed by atoms with Crippen molar-refractivity contribution in [2.75, 3.05) is 6.54 Å². The van der Waals surface area contributed by atoms with Crippen LogP contribution in [0, 0.1) is 25.7 Å². The Hall–Kier alpha value is -2.25. The van der Waals surface area contributed by atoms with Gasteiger partial charge in [0.15, 0.2) is 0 Å². The fourth-order valence-corrected chi connectivity index (χ4v) is 2.23. The molecule has 0 spiro atoms. The van der Waals surface area contributed by atoms with Gasteiger partial charge in [0.05, 0.1) is 12.2 Å². The quantitative estimate of drug-likeness (QED) is 0.882. The zero-order chi connectivity index (χ0) is 15.9. The standard InChI is InChI=1S/C17H17ClN2O2/c1-12-16(13(2)22-20-12)8-9-17(21)19-10-4-6-14-5-3-7-15(18)11-14/h3,5,7,11H,8-10H2,1-2H3,(H,19,21). The van der Waals surface area contributed by atoms with E-state index in [-0.39, 0.29) is 5.91 Å². The van der Waals surface area contributed by atoms with E-state index in [9.17, 15) is 4.79 Å². The van der Waals surface area contributed by atoms with E-state index >= 15 is 0 Å². The minimum Gasteiger partial charge on any atom is -0.361 e. The summed E-state index contributed by atoms with van der Waals surface area (Å²) in [4.78, 5) is 11.8. The van der Waals surface area contributed by atoms with Crippen LogP contribution in [0.3, 0.4) is 0 Å². The van der Waals surface area contributed by atoms with Gasteiger partial charge in [-0.15, -0.1) is 0 Å². The van der Waals surface area contributed by atoms with E-state index in [0.717, 1.165) is 22.6 Å². The number of amides is 1. The van der Waals surface area contributed by atoms with E-state index in [0.29, 0.717) is 24.4 Å². The van der Waals surface area contributed by atoms with E-state index in [4.69, 9.17) is 16.1 Å². The lowest BCUT2D eigenvalue weighted by Crippen LogP contribution is -2.23. The average Bonchev–Trinajstić information content (AvgIpc) is 2.80. The lowest BCUT2D eigenvalue weighted by atomic mass is 10.1. The second-order valence-corrected chi connectivity index (χ2v) is 5.33. The van der Waals surface area contributed by atoms with Crippen molar-refractivity contribution in [1.82, 2.24) is 10.5 Å². The first-order valence-electron chi connectivity index (χ1n) is 6.99. The summed E-state index contributed by atoms with van der Waals surface area (Å²) in [5, 5.41) is 7.29. The van der Waals surface area contributed by atoms with Gasteiger partial charge in [-0.1, -0.05) is 34.7 Å². The topological polar surface area (TPSA) is 55.1 Å². The van der Waals surface area contributed by atoms with Gasteiger partial charge in [0.25, 0.3) is 0 Å². The smallest absolute Gasteiger partial charge is 0.221 e. The molecule has 4 nitrogen and oxygen atoms in total. The van der Waals surface area contributed by atoms with Crippen LogP contribution in [0.4, 0.5) is 0 Å². The van der Waals surface area contributed by atoms with E-state index in [1.807, 2.05) is 26.0 Å². The number of carbonyl (C=O) groups is 1. The first-order chi connectivity index (χ1) is 10.6. The molecule has 0 aliphatic carbocycles. The van der Waals surface area contributed by atoms with Crippen molar-refractivity contribution in [3.8, 4) is 11.8 Å². The van der Waals surface area contributed by atoms with Gasteiger partial charge in [0.1, 0.15) is 5.76 Å². The summed E-state index contributed by atoms with van der Waals surface area (Å²) in [5.41, 5.74) is 2.67. The maximum Gasteiger partial charge on any atom is 0.221 e. The molecule has 0 aliphatic rings. The summed E-state index contributed by atoms with van der Waals surface area (Å²) in [6.07, 6.45) is 1.01. The van der Waals surface area contributed by atoms with E-state index in [1.165, 1.54) is 0 Å². The monoisotopic (exact) mass is 316 g/mol. The van der Waals surface area contributed by atoms with Crippen molar-refractivity contribution in [3.05, 3.63) is 51.9 Å². The van der Waals surface area contributed by atoms with Gasteiger partial charge in [-0.25, -0.2) is 0 Å². The Balaban J connectivity index is 1.77. The zero-order valence-corrected chi connectivity index (χ0v) is 13.3. The maximum atomic E-state index is 11.8. The van der Waals surface area contributed by atoms with Crippen LogP contribution < -0.4 is 5.32 Å². The van der Waals surface area contributed by atoms with Crippen molar-refractivity contribution in [2.45, 2.75) is 26.7 Å². The molecular weight excluding hydrogens is 300 g/mol. The van der Waals surface area contributed by atoms with Crippen LogP contribution in [-0.4, -0.2) is 17.6 Å². The van der Waals surface area contributed by atoms with Crippen LogP contribution in [0.25, 0.3) is 0 Å². The molecule has 0 unspecified atom stereocenters. The summed E-state index contributed by atoms with van der Waals surface area (Å²) in [6.45, 7) is 4.04. The first kappa shape index (κ1) is 16.1. The highest BCUT2D eigenvalue weighted by Gasteiger charge is 2.10. The minimum atomic E-state index is -0.0413. The van der Waals surface area contributed by atoms with E-state index in [2.05, 4.69) is 22.3 Å². The van der Waals surface area contributed by atoms with Gasteiger partial charge in [0.2, 0.25) is 5.91 Å². The highest BCUT2D eigenvalue weighted by Crippen LogP contribution is 2.14. The van der Waals surface area contributed by atoms with Gasteiger partial charge in [0, 0.05) is 22.6 Å². The molecular formula is C17H17ClN2O2. The fourth-order valence-electron chi connectivity index (χ4n) is 2.04. The maximum absolute atomic E-state index is 11.8. The third-order valence-electron chi connectivity index (χ3n) is 3.21. The highest BCUT2D eigenvalue weighted by atomic mass is 35.5. The van der Waals surface area contributed by atoms with Crippen LogP contribution >= 0.6 is 11.6 Å². The average molecular weight is 317 g/mol. The van der Waals surface area contributed by atoms with Crippen molar-refractivity contribution >= 4 is 17.5 Å². The number of rotatable bonds is 4. The van der Waals surface area contributed by atoms with Crippen molar-refractivity contribution in [2.24, 2.45) is 0 Å². The molecule has 2 rings (SSSR count). The molecule has 1 aromatic carbocycles. The molecule has 114 valence electrons. The Morgan fingerprint density at radius 2 is 2.23 bits per heavy atom. The van der Waals surface area contributed by atoms with Crippen molar-refractivity contribution in [1.29, 1.82) is 0 Å². The number of aryl methyl sites for hydroxylation is 2. The van der Waals surface area contributed by atoms with E-state index in [1.54, 1.807) is 12.1 Å². The lowest BCUT2D eigenvalue weighted by molar-refractivity contribution is -0.120. The molecule has 1 heterocycles. The Labute approximate surface area is 134 Å². The molecule has 0 atom stereocenters. The predicted octanol–water partition coefficient (Wildman–Crippen LogP) is 3.05. The minimum absolute atomic E-state index is 0.0413. The fraction of sp³-hybridized carbons (Fsp3) is 0.294. The SMILES string of the molecule is Cc1noc(C)c1CCC(=O)NCC#Cc1cccc(Cl)c1. The second-order valence-electron chi connectivity index (χ2n) is 4.89. The van der Waals surface area contributed by atoms with Crippen molar-refractivity contribution in [3.63, 3.8) is 0 Å².